The highest BCUT2D eigenvalue weighted by molar-refractivity contribution is 5.73. The maximum Gasteiger partial charge on any atom is 0.322 e. The minimum atomic E-state index is -0.778. The van der Waals surface area contributed by atoms with Crippen molar-refractivity contribution in [3.63, 3.8) is 0 Å². The van der Waals surface area contributed by atoms with Crippen molar-refractivity contribution in [3.05, 3.63) is 0 Å². The molecule has 0 aromatic rings. The number of hydrogen-bond donors (Lipinski definition) is 2. The molecular formula is C12H25N3O2. The van der Waals surface area contributed by atoms with E-state index in [0.717, 1.165) is 18.9 Å². The van der Waals surface area contributed by atoms with Gasteiger partial charge in [-0.05, 0) is 53.0 Å². The fourth-order valence-electron chi connectivity index (χ4n) is 2.36. The van der Waals surface area contributed by atoms with Crippen LogP contribution in [0.5, 0.6) is 0 Å². The number of likely N-dealkylation sites (tertiary alicyclic amines) is 1. The summed E-state index contributed by atoms with van der Waals surface area (Å²) in [5, 5.41) is 11.8. The van der Waals surface area contributed by atoms with Gasteiger partial charge < -0.3 is 20.2 Å². The van der Waals surface area contributed by atoms with Crippen molar-refractivity contribution >= 4 is 5.97 Å². The van der Waals surface area contributed by atoms with Crippen molar-refractivity contribution in [1.82, 2.24) is 15.1 Å². The van der Waals surface area contributed by atoms with Gasteiger partial charge in [0.25, 0.3) is 0 Å². The van der Waals surface area contributed by atoms with Crippen LogP contribution >= 0.6 is 0 Å². The fourth-order valence-corrected chi connectivity index (χ4v) is 2.36. The summed E-state index contributed by atoms with van der Waals surface area (Å²) in [7, 11) is 5.84. The Morgan fingerprint density at radius 1 is 1.65 bits per heavy atom. The van der Waals surface area contributed by atoms with Crippen molar-refractivity contribution in [2.24, 2.45) is 5.92 Å². The van der Waals surface area contributed by atoms with Crippen LogP contribution < -0.4 is 5.32 Å². The Balaban J connectivity index is 2.20. The lowest BCUT2D eigenvalue weighted by Gasteiger charge is -2.22. The van der Waals surface area contributed by atoms with Gasteiger partial charge in [-0.3, -0.25) is 4.79 Å². The number of aliphatic carboxylic acids is 1. The molecule has 2 unspecified atom stereocenters. The molecule has 0 amide bonds. The maximum absolute atomic E-state index is 10.9. The highest BCUT2D eigenvalue weighted by atomic mass is 16.4. The Labute approximate surface area is 104 Å². The zero-order valence-electron chi connectivity index (χ0n) is 11.1. The summed E-state index contributed by atoms with van der Waals surface area (Å²) < 4.78 is 0. The van der Waals surface area contributed by atoms with Crippen LogP contribution in [-0.4, -0.2) is 74.2 Å². The summed E-state index contributed by atoms with van der Waals surface area (Å²) in [6.45, 7) is 3.92. The molecule has 2 atom stereocenters. The molecule has 1 saturated heterocycles. The lowest BCUT2D eigenvalue weighted by molar-refractivity contribution is -0.139. The molecule has 0 aliphatic carbocycles. The van der Waals surface area contributed by atoms with Crippen LogP contribution in [0.4, 0.5) is 0 Å². The fraction of sp³-hybridized carbons (Fsp3) is 0.917. The van der Waals surface area contributed by atoms with Crippen molar-refractivity contribution in [3.8, 4) is 0 Å². The number of carbonyl (C=O) groups is 1. The molecule has 100 valence electrons. The smallest absolute Gasteiger partial charge is 0.322 e. The molecule has 5 nitrogen and oxygen atoms in total. The number of carboxylic acid groups (broad SMARTS) is 1. The highest BCUT2D eigenvalue weighted by Gasteiger charge is 2.21. The maximum atomic E-state index is 10.9. The summed E-state index contributed by atoms with van der Waals surface area (Å²) in [6, 6.07) is -0.466. The lowest BCUT2D eigenvalue weighted by Crippen LogP contribution is -2.43. The normalized spacial score (nSPS) is 23.2. The Hall–Kier alpha value is -0.650. The molecule has 5 heteroatoms. The second-order valence-electron chi connectivity index (χ2n) is 5.15. The van der Waals surface area contributed by atoms with E-state index in [0.29, 0.717) is 6.54 Å². The van der Waals surface area contributed by atoms with Gasteiger partial charge in [0.1, 0.15) is 6.04 Å². The molecule has 0 aromatic heterocycles. The van der Waals surface area contributed by atoms with Crippen LogP contribution in [0.25, 0.3) is 0 Å². The molecule has 0 bridgehead atoms. The van der Waals surface area contributed by atoms with E-state index in [1.807, 2.05) is 7.05 Å². The number of nitrogens with one attached hydrogen (secondary N) is 1. The molecule has 1 heterocycles. The van der Waals surface area contributed by atoms with E-state index in [4.69, 9.17) is 5.11 Å². The summed E-state index contributed by atoms with van der Waals surface area (Å²) in [5.41, 5.74) is 0. The van der Waals surface area contributed by atoms with Crippen LogP contribution in [-0.2, 0) is 4.79 Å². The Bertz CT molecular complexity index is 248. The first-order valence-electron chi connectivity index (χ1n) is 6.30. The average molecular weight is 243 g/mol. The Morgan fingerprint density at radius 3 is 2.82 bits per heavy atom. The van der Waals surface area contributed by atoms with Crippen LogP contribution in [0.3, 0.4) is 0 Å². The summed E-state index contributed by atoms with van der Waals surface area (Å²) in [6.07, 6.45) is 2.44. The quantitative estimate of drug-likeness (QED) is 0.656. The summed E-state index contributed by atoms with van der Waals surface area (Å²) in [5.74, 6) is 0.000244. The molecule has 17 heavy (non-hydrogen) atoms. The number of likely N-dealkylation sites (N-methyl/N-ethyl adjacent to an activating group) is 2. The van der Waals surface area contributed by atoms with Crippen LogP contribution in [0.15, 0.2) is 0 Å². The molecule has 1 aliphatic rings. The summed E-state index contributed by atoms with van der Waals surface area (Å²) in [4.78, 5) is 15.3. The van der Waals surface area contributed by atoms with Crippen molar-refractivity contribution in [2.45, 2.75) is 18.9 Å². The van der Waals surface area contributed by atoms with Crippen molar-refractivity contribution < 1.29 is 9.90 Å². The topological polar surface area (TPSA) is 55.8 Å². The summed E-state index contributed by atoms with van der Waals surface area (Å²) >= 11 is 0. The molecule has 0 radical (unpaired) electrons. The molecule has 2 N–H and O–H groups in total. The first kappa shape index (κ1) is 14.4. The highest BCUT2D eigenvalue weighted by Crippen LogP contribution is 2.17. The predicted octanol–water partition coefficient (Wildman–Crippen LogP) is -0.0674. The zero-order chi connectivity index (χ0) is 12.8. The number of carboxylic acids is 1. The van der Waals surface area contributed by atoms with Crippen molar-refractivity contribution in [2.75, 3.05) is 47.3 Å². The average Bonchev–Trinajstić information content (AvgIpc) is 2.68. The second-order valence-corrected chi connectivity index (χ2v) is 5.15. The predicted molar refractivity (Wildman–Crippen MR) is 68.2 cm³/mol. The monoisotopic (exact) mass is 243 g/mol. The molecule has 0 spiro atoms. The number of hydrogen-bond acceptors (Lipinski definition) is 4. The van der Waals surface area contributed by atoms with E-state index in [9.17, 15) is 4.79 Å². The van der Waals surface area contributed by atoms with Gasteiger partial charge in [-0.2, -0.15) is 0 Å². The van der Waals surface area contributed by atoms with Gasteiger partial charge >= 0.3 is 5.97 Å². The van der Waals surface area contributed by atoms with Gasteiger partial charge in [0.2, 0.25) is 0 Å². The van der Waals surface area contributed by atoms with Gasteiger partial charge in [-0.15, -0.1) is 0 Å². The molecule has 1 rings (SSSR count). The minimum Gasteiger partial charge on any atom is -0.480 e. The van der Waals surface area contributed by atoms with E-state index < -0.39 is 12.0 Å². The Kier molecular flexibility index (Phi) is 5.88. The molecule has 0 aromatic carbocycles. The lowest BCUT2D eigenvalue weighted by atomic mass is 10.0. The van der Waals surface area contributed by atoms with Crippen LogP contribution in [0, 0.1) is 5.92 Å². The van der Waals surface area contributed by atoms with E-state index in [1.165, 1.54) is 19.5 Å². The first-order valence-corrected chi connectivity index (χ1v) is 6.30. The van der Waals surface area contributed by atoms with E-state index >= 15 is 0 Å². The third-order valence-corrected chi connectivity index (χ3v) is 3.55. The van der Waals surface area contributed by atoms with Gasteiger partial charge in [-0.25, -0.2) is 0 Å². The first-order chi connectivity index (χ1) is 8.02. The number of nitrogens with zero attached hydrogens (tertiary/aromatic N) is 2. The van der Waals surface area contributed by atoms with Gasteiger partial charge in [0.15, 0.2) is 0 Å². The second kappa shape index (κ2) is 6.93. The van der Waals surface area contributed by atoms with Crippen LogP contribution in [0.2, 0.25) is 0 Å². The molecular weight excluding hydrogens is 218 g/mol. The SMILES string of the molecule is CNC(CN(C)CCC1CCN(C)C1)C(=O)O. The van der Waals surface area contributed by atoms with Gasteiger partial charge in [0.05, 0.1) is 0 Å². The molecule has 1 fully saturated rings. The minimum absolute atomic E-state index is 0.466. The van der Waals surface area contributed by atoms with Gasteiger partial charge in [-0.1, -0.05) is 0 Å². The van der Waals surface area contributed by atoms with E-state index in [2.05, 4.69) is 22.2 Å². The van der Waals surface area contributed by atoms with Gasteiger partial charge in [0, 0.05) is 13.1 Å². The van der Waals surface area contributed by atoms with Crippen LogP contribution in [0.1, 0.15) is 12.8 Å². The zero-order valence-corrected chi connectivity index (χ0v) is 11.1. The third-order valence-electron chi connectivity index (χ3n) is 3.55. The van der Waals surface area contributed by atoms with E-state index in [1.54, 1.807) is 7.05 Å². The van der Waals surface area contributed by atoms with E-state index in [-0.39, 0.29) is 0 Å². The standard InChI is InChI=1S/C12H25N3O2/c1-13-11(12(16)17)9-15(3)7-5-10-4-6-14(2)8-10/h10-11,13H,4-9H2,1-3H3,(H,16,17). The molecule has 0 saturated carbocycles. The third kappa shape index (κ3) is 5.02. The molecule has 1 aliphatic heterocycles. The Morgan fingerprint density at radius 2 is 2.35 bits per heavy atom. The largest absolute Gasteiger partial charge is 0.480 e. The number of rotatable bonds is 7. The van der Waals surface area contributed by atoms with Crippen molar-refractivity contribution in [1.29, 1.82) is 0 Å².